The number of rotatable bonds is 3. The first kappa shape index (κ1) is 15.1. The van der Waals surface area contributed by atoms with Gasteiger partial charge >= 0.3 is 0 Å². The van der Waals surface area contributed by atoms with Gasteiger partial charge in [-0.15, -0.1) is 5.10 Å². The average Bonchev–Trinajstić information content (AvgIpc) is 3.19. The molecule has 10 nitrogen and oxygen atoms in total. The molecule has 0 atom stereocenters. The highest BCUT2D eigenvalue weighted by molar-refractivity contribution is 5.59. The van der Waals surface area contributed by atoms with E-state index in [1.807, 2.05) is 4.90 Å². The number of nitrogens with one attached hydrogen (secondary N) is 1. The second-order valence-electron chi connectivity index (χ2n) is 5.65. The zero-order valence-electron chi connectivity index (χ0n) is 13.1. The maximum atomic E-state index is 14.2. The van der Waals surface area contributed by atoms with Crippen molar-refractivity contribution in [2.45, 2.75) is 0 Å². The number of hydrazine groups is 1. The topological polar surface area (TPSA) is 105 Å². The Balaban J connectivity index is 1.58. The van der Waals surface area contributed by atoms with Gasteiger partial charge < -0.3 is 10.3 Å². The van der Waals surface area contributed by atoms with E-state index in [0.29, 0.717) is 19.0 Å². The molecule has 2 aliphatic rings. The molecule has 0 saturated carbocycles. The molecule has 0 aliphatic carbocycles. The molecule has 2 aliphatic heterocycles. The number of non-ortho nitro benzene ring substituents is 1. The third kappa shape index (κ3) is 2.65. The maximum absolute atomic E-state index is 14.2. The van der Waals surface area contributed by atoms with Crippen LogP contribution in [0.3, 0.4) is 0 Å². The van der Waals surface area contributed by atoms with E-state index in [1.54, 1.807) is 19.4 Å². The number of aromatic nitrogens is 4. The van der Waals surface area contributed by atoms with Gasteiger partial charge in [0, 0.05) is 31.6 Å². The van der Waals surface area contributed by atoms with Crippen molar-refractivity contribution in [1.82, 2.24) is 25.6 Å². The number of halogens is 1. The van der Waals surface area contributed by atoms with Crippen molar-refractivity contribution in [1.29, 1.82) is 0 Å². The van der Waals surface area contributed by atoms with Gasteiger partial charge in [-0.1, -0.05) is 5.10 Å². The lowest BCUT2D eigenvalue weighted by Crippen LogP contribution is -2.33. The quantitative estimate of drug-likeness (QED) is 0.646. The Morgan fingerprint density at radius 3 is 2.80 bits per heavy atom. The Hall–Kier alpha value is -3.50. The molecule has 0 spiro atoms. The van der Waals surface area contributed by atoms with Gasteiger partial charge in [-0.2, -0.15) is 4.80 Å². The number of nitrogens with zero attached hydrogens (tertiary/aromatic N) is 7. The zero-order valence-corrected chi connectivity index (χ0v) is 13.1. The molecular weight excluding hydrogens is 331 g/mol. The second-order valence-corrected chi connectivity index (χ2v) is 5.65. The van der Waals surface area contributed by atoms with Crippen LogP contribution in [0.5, 0.6) is 0 Å². The first-order valence-corrected chi connectivity index (χ1v) is 7.39. The van der Waals surface area contributed by atoms with Crippen molar-refractivity contribution in [3.63, 3.8) is 0 Å². The van der Waals surface area contributed by atoms with Crippen LogP contribution in [0.15, 0.2) is 41.7 Å². The summed E-state index contributed by atoms with van der Waals surface area (Å²) in [5.41, 5.74) is 4.89. The van der Waals surface area contributed by atoms with E-state index in [9.17, 15) is 14.5 Å². The Kier molecular flexibility index (Phi) is 3.34. The molecule has 1 aromatic carbocycles. The summed E-state index contributed by atoms with van der Waals surface area (Å²) in [4.78, 5) is 13.4. The lowest BCUT2D eigenvalue weighted by atomic mass is 10.1. The molecule has 1 fully saturated rings. The van der Waals surface area contributed by atoms with Crippen LogP contribution in [-0.4, -0.2) is 38.2 Å². The van der Waals surface area contributed by atoms with Crippen LogP contribution in [0.4, 0.5) is 21.7 Å². The smallest absolute Gasteiger partial charge is 0.272 e. The summed E-state index contributed by atoms with van der Waals surface area (Å²) in [5, 5.41) is 24.2. The fourth-order valence-corrected chi connectivity index (χ4v) is 2.76. The summed E-state index contributed by atoms with van der Waals surface area (Å²) in [7, 11) is 1.69. The molecular formula is C14H13FN8O2. The fraction of sp³-hybridized carbons (Fsp3) is 0.214. The third-order valence-electron chi connectivity index (χ3n) is 3.98. The Bertz CT molecular complexity index is 921. The number of tetrazole rings is 1. The van der Waals surface area contributed by atoms with Gasteiger partial charge in [0.2, 0.25) is 0 Å². The van der Waals surface area contributed by atoms with Crippen LogP contribution in [-0.2, 0) is 7.05 Å². The number of nitro benzene ring substituents is 1. The van der Waals surface area contributed by atoms with Gasteiger partial charge in [-0.05, 0) is 22.4 Å². The molecule has 128 valence electrons. The van der Waals surface area contributed by atoms with Crippen LogP contribution in [0.1, 0.15) is 0 Å². The second kappa shape index (κ2) is 5.54. The van der Waals surface area contributed by atoms with E-state index in [1.165, 1.54) is 21.9 Å². The van der Waals surface area contributed by atoms with Gasteiger partial charge in [0.15, 0.2) is 5.82 Å². The van der Waals surface area contributed by atoms with Gasteiger partial charge in [0.05, 0.1) is 23.7 Å². The molecule has 1 N–H and O–H groups in total. The number of aryl methyl sites for hydroxylation is 1. The van der Waals surface area contributed by atoms with Crippen molar-refractivity contribution in [3.8, 4) is 0 Å². The molecule has 3 heterocycles. The minimum atomic E-state index is -0.680. The van der Waals surface area contributed by atoms with Crippen molar-refractivity contribution in [3.05, 3.63) is 57.7 Å². The first-order valence-electron chi connectivity index (χ1n) is 7.39. The first-order chi connectivity index (χ1) is 12.0. The average molecular weight is 344 g/mol. The number of fused-ring (bicyclic) bond motifs is 1. The van der Waals surface area contributed by atoms with E-state index in [-0.39, 0.29) is 11.4 Å². The summed E-state index contributed by atoms with van der Waals surface area (Å²) in [5.74, 6) is -0.160. The number of hydrogen-bond donors (Lipinski definition) is 1. The molecule has 1 aromatic heterocycles. The molecule has 2 aromatic rings. The predicted octanol–water partition coefficient (Wildman–Crippen LogP) is 0.870. The normalized spacial score (nSPS) is 16.2. The molecule has 25 heavy (non-hydrogen) atoms. The number of benzene rings is 1. The molecule has 11 heteroatoms. The number of nitro groups is 1. The molecule has 0 amide bonds. The largest absolute Gasteiger partial charge is 0.329 e. The van der Waals surface area contributed by atoms with Crippen molar-refractivity contribution < 1.29 is 9.31 Å². The number of hydrogen-bond acceptors (Lipinski definition) is 8. The summed E-state index contributed by atoms with van der Waals surface area (Å²) in [6, 6.07) is 3.54. The Labute approximate surface area is 140 Å². The van der Waals surface area contributed by atoms with E-state index < -0.39 is 10.7 Å². The van der Waals surface area contributed by atoms with Crippen LogP contribution in [0, 0.1) is 15.9 Å². The van der Waals surface area contributed by atoms with Crippen molar-refractivity contribution in [2.75, 3.05) is 23.0 Å². The summed E-state index contributed by atoms with van der Waals surface area (Å²) >= 11 is 0. The summed E-state index contributed by atoms with van der Waals surface area (Å²) < 4.78 is 14.2. The molecule has 0 bridgehead atoms. The summed E-state index contributed by atoms with van der Waals surface area (Å²) in [6.07, 6.45) is 3.53. The van der Waals surface area contributed by atoms with E-state index in [0.717, 1.165) is 17.2 Å². The molecule has 1 saturated heterocycles. The van der Waals surface area contributed by atoms with E-state index in [2.05, 4.69) is 20.8 Å². The minimum absolute atomic E-state index is 0.199. The Morgan fingerprint density at radius 2 is 2.12 bits per heavy atom. The van der Waals surface area contributed by atoms with E-state index in [4.69, 9.17) is 0 Å². The van der Waals surface area contributed by atoms with Gasteiger partial charge in [-0.3, -0.25) is 15.1 Å². The minimum Gasteiger partial charge on any atom is -0.329 e. The van der Waals surface area contributed by atoms with Crippen molar-refractivity contribution >= 4 is 17.3 Å². The van der Waals surface area contributed by atoms with Gasteiger partial charge in [0.25, 0.3) is 11.6 Å². The standard InChI is InChI=1S/C14H13FN8O2/c1-20-18-14(17-19-20)21-6-9-5-16-22(8-10(9)7-21)13-3-2-11(23(24)25)4-12(13)15/h2-5,8,16H,6-7H2,1H3. The molecule has 0 radical (unpaired) electrons. The van der Waals surface area contributed by atoms with Crippen LogP contribution >= 0.6 is 0 Å². The predicted molar refractivity (Wildman–Crippen MR) is 85.8 cm³/mol. The SMILES string of the molecule is Cn1nnc(N2CC3=CNN(c4ccc([N+](=O)[O-])cc4F)C=C3C2)n1. The van der Waals surface area contributed by atoms with Crippen molar-refractivity contribution in [2.24, 2.45) is 7.05 Å². The van der Waals surface area contributed by atoms with Gasteiger partial charge in [-0.25, -0.2) is 4.39 Å². The maximum Gasteiger partial charge on any atom is 0.272 e. The fourth-order valence-electron chi connectivity index (χ4n) is 2.76. The summed E-state index contributed by atoms with van der Waals surface area (Å²) in [6.45, 7) is 1.17. The highest BCUT2D eigenvalue weighted by atomic mass is 19.1. The highest BCUT2D eigenvalue weighted by Gasteiger charge is 2.28. The highest BCUT2D eigenvalue weighted by Crippen LogP contribution is 2.30. The lowest BCUT2D eigenvalue weighted by molar-refractivity contribution is -0.385. The lowest BCUT2D eigenvalue weighted by Gasteiger charge is -2.25. The van der Waals surface area contributed by atoms with Crippen LogP contribution in [0.25, 0.3) is 0 Å². The Morgan fingerprint density at radius 1 is 1.32 bits per heavy atom. The zero-order chi connectivity index (χ0) is 17.6. The van der Waals surface area contributed by atoms with Crippen LogP contribution in [0.2, 0.25) is 0 Å². The third-order valence-corrected chi connectivity index (χ3v) is 3.98. The monoisotopic (exact) mass is 344 g/mol. The molecule has 4 rings (SSSR count). The molecule has 0 unspecified atom stereocenters. The van der Waals surface area contributed by atoms with Gasteiger partial charge in [0.1, 0.15) is 0 Å². The van der Waals surface area contributed by atoms with E-state index >= 15 is 0 Å². The number of anilines is 2. The van der Waals surface area contributed by atoms with Crippen LogP contribution < -0.4 is 15.3 Å².